The van der Waals surface area contributed by atoms with E-state index in [-0.39, 0.29) is 11.9 Å². The van der Waals surface area contributed by atoms with Gasteiger partial charge in [-0.05, 0) is 44.9 Å². The van der Waals surface area contributed by atoms with E-state index >= 15 is 0 Å². The van der Waals surface area contributed by atoms with E-state index in [2.05, 4.69) is 5.32 Å². The molecule has 1 saturated carbocycles. The number of aliphatic imine (C=N–C) groups is 1. The number of fused-ring (bicyclic) bond motifs is 1. The van der Waals surface area contributed by atoms with Crippen molar-refractivity contribution in [3.8, 4) is 0 Å². The molecule has 5 heteroatoms. The average molecular weight is 309 g/mol. The van der Waals surface area contributed by atoms with E-state index in [1.807, 2.05) is 23.6 Å². The second-order valence-corrected chi connectivity index (χ2v) is 7.62. The fourth-order valence-corrected chi connectivity index (χ4v) is 4.87. The predicted octanol–water partition coefficient (Wildman–Crippen LogP) is 2.64. The predicted molar refractivity (Wildman–Crippen MR) is 88.7 cm³/mol. The minimum atomic E-state index is -0.144. The second-order valence-electron chi connectivity index (χ2n) is 6.61. The molecule has 2 fully saturated rings. The van der Waals surface area contributed by atoms with Gasteiger partial charge in [-0.25, -0.2) is 0 Å². The monoisotopic (exact) mass is 309 g/mol. The number of amidine groups is 1. The first kappa shape index (κ1) is 15.2. The van der Waals surface area contributed by atoms with E-state index in [1.54, 1.807) is 0 Å². The van der Waals surface area contributed by atoms with Crippen molar-refractivity contribution in [2.24, 2.45) is 10.9 Å². The number of piperidine rings is 1. The van der Waals surface area contributed by atoms with Crippen LogP contribution in [0.3, 0.4) is 0 Å². The molecule has 0 aromatic rings. The third kappa shape index (κ3) is 3.74. The summed E-state index contributed by atoms with van der Waals surface area (Å²) in [4.78, 5) is 19.3. The molecule has 1 aliphatic carbocycles. The van der Waals surface area contributed by atoms with Crippen molar-refractivity contribution in [3.63, 3.8) is 0 Å². The highest BCUT2D eigenvalue weighted by molar-refractivity contribution is 8.13. The van der Waals surface area contributed by atoms with Gasteiger partial charge >= 0.3 is 0 Å². The molecule has 1 N–H and O–H groups in total. The molecule has 0 spiro atoms. The van der Waals surface area contributed by atoms with E-state index in [0.717, 1.165) is 37.0 Å². The first-order valence-electron chi connectivity index (χ1n) is 8.50. The van der Waals surface area contributed by atoms with Gasteiger partial charge in [0.05, 0.1) is 6.04 Å². The van der Waals surface area contributed by atoms with Crippen LogP contribution in [0.15, 0.2) is 4.99 Å². The number of amides is 1. The molecule has 21 heavy (non-hydrogen) atoms. The molecule has 4 nitrogen and oxygen atoms in total. The topological polar surface area (TPSA) is 44.7 Å². The number of nitrogens with zero attached hydrogens (tertiary/aromatic N) is 2. The van der Waals surface area contributed by atoms with Crippen LogP contribution >= 0.6 is 11.8 Å². The summed E-state index contributed by atoms with van der Waals surface area (Å²) in [5, 5.41) is 4.37. The number of hydrogen-bond acceptors (Lipinski definition) is 4. The Hall–Kier alpha value is -0.710. The summed E-state index contributed by atoms with van der Waals surface area (Å²) >= 11 is 1.81. The highest BCUT2D eigenvalue weighted by atomic mass is 32.2. The standard InChI is InChI=1S/C16H27N3OS/c1-12(15(20)19-9-5-2-6-10-19)17-16-18-14-8-4-3-7-13(14)11-21-16/h12-14H,2-11H2,1H3,(H,17,18). The maximum absolute atomic E-state index is 12.5. The number of carbonyl (C=O) groups is 1. The zero-order valence-corrected chi connectivity index (χ0v) is 13.8. The minimum absolute atomic E-state index is 0.144. The van der Waals surface area contributed by atoms with Crippen molar-refractivity contribution >= 4 is 22.8 Å². The van der Waals surface area contributed by atoms with Crippen LogP contribution < -0.4 is 5.32 Å². The summed E-state index contributed by atoms with van der Waals surface area (Å²) in [6.45, 7) is 3.83. The molecular formula is C16H27N3OS. The first-order chi connectivity index (χ1) is 10.2. The molecule has 3 aliphatic rings. The number of carbonyl (C=O) groups excluding carboxylic acids is 1. The molecule has 1 amide bonds. The molecule has 1 saturated heterocycles. The third-order valence-corrected chi connectivity index (χ3v) is 6.06. The molecule has 0 aromatic carbocycles. The molecule has 3 atom stereocenters. The Balaban J connectivity index is 1.55. The normalized spacial score (nSPS) is 31.1. The van der Waals surface area contributed by atoms with Crippen molar-refractivity contribution in [1.82, 2.24) is 10.2 Å². The minimum Gasteiger partial charge on any atom is -0.353 e. The summed E-state index contributed by atoms with van der Waals surface area (Å²) in [7, 11) is 0. The Kier molecular flexibility index (Phi) is 5.09. The lowest BCUT2D eigenvalue weighted by molar-refractivity contribution is -0.133. The Bertz CT molecular complexity index is 406. The Labute approximate surface area is 132 Å². The summed E-state index contributed by atoms with van der Waals surface area (Å²) < 4.78 is 0. The lowest BCUT2D eigenvalue weighted by atomic mass is 9.86. The second kappa shape index (κ2) is 7.03. The highest BCUT2D eigenvalue weighted by Crippen LogP contribution is 2.33. The van der Waals surface area contributed by atoms with Gasteiger partial charge in [0.15, 0.2) is 5.17 Å². The van der Waals surface area contributed by atoms with E-state index in [0.29, 0.717) is 6.04 Å². The van der Waals surface area contributed by atoms with Crippen LogP contribution in [0.25, 0.3) is 0 Å². The summed E-state index contributed by atoms with van der Waals surface area (Å²) in [6.07, 6.45) is 8.79. The molecule has 118 valence electrons. The van der Waals surface area contributed by atoms with Crippen molar-refractivity contribution in [1.29, 1.82) is 0 Å². The third-order valence-electron chi connectivity index (χ3n) is 4.96. The number of thioether (sulfide) groups is 1. The largest absolute Gasteiger partial charge is 0.353 e. The number of nitrogens with one attached hydrogen (secondary N) is 1. The fourth-order valence-electron chi connectivity index (χ4n) is 3.64. The maximum atomic E-state index is 12.5. The summed E-state index contributed by atoms with van der Waals surface area (Å²) in [5.74, 6) is 2.17. The maximum Gasteiger partial charge on any atom is 0.244 e. The number of hydrogen-bond donors (Lipinski definition) is 1. The zero-order valence-electron chi connectivity index (χ0n) is 13.0. The lowest BCUT2D eigenvalue weighted by Crippen LogP contribution is -2.49. The Morgan fingerprint density at radius 3 is 2.81 bits per heavy atom. The quantitative estimate of drug-likeness (QED) is 0.853. The molecule has 0 bridgehead atoms. The van der Waals surface area contributed by atoms with Gasteiger partial charge in [-0.3, -0.25) is 9.79 Å². The molecule has 2 aliphatic heterocycles. The van der Waals surface area contributed by atoms with Crippen molar-refractivity contribution in [2.45, 2.75) is 64.0 Å². The van der Waals surface area contributed by atoms with E-state index < -0.39 is 0 Å². The van der Waals surface area contributed by atoms with Crippen LogP contribution in [-0.2, 0) is 4.79 Å². The summed E-state index contributed by atoms with van der Waals surface area (Å²) in [5.41, 5.74) is 0. The molecule has 2 heterocycles. The summed E-state index contributed by atoms with van der Waals surface area (Å²) in [6, 6.07) is 0.356. The van der Waals surface area contributed by atoms with Crippen molar-refractivity contribution < 1.29 is 4.79 Å². The van der Waals surface area contributed by atoms with Crippen LogP contribution in [0, 0.1) is 5.92 Å². The van der Waals surface area contributed by atoms with Crippen molar-refractivity contribution in [3.05, 3.63) is 0 Å². The molecule has 3 unspecified atom stereocenters. The number of rotatable bonds is 2. The van der Waals surface area contributed by atoms with E-state index in [1.165, 1.54) is 37.9 Å². The fraction of sp³-hybridized carbons (Fsp3) is 0.875. The van der Waals surface area contributed by atoms with Gasteiger partial charge in [0.25, 0.3) is 0 Å². The average Bonchev–Trinajstić information content (AvgIpc) is 2.55. The highest BCUT2D eigenvalue weighted by Gasteiger charge is 2.30. The molecule has 3 rings (SSSR count). The zero-order chi connectivity index (χ0) is 14.7. The smallest absolute Gasteiger partial charge is 0.244 e. The van der Waals surface area contributed by atoms with Crippen LogP contribution in [0.1, 0.15) is 51.9 Å². The molecular weight excluding hydrogens is 282 g/mol. The van der Waals surface area contributed by atoms with Crippen LogP contribution in [0.5, 0.6) is 0 Å². The van der Waals surface area contributed by atoms with Gasteiger partial charge in [-0.15, -0.1) is 0 Å². The van der Waals surface area contributed by atoms with Gasteiger partial charge in [0, 0.05) is 18.8 Å². The lowest BCUT2D eigenvalue weighted by Gasteiger charge is -2.34. The van der Waals surface area contributed by atoms with E-state index in [4.69, 9.17) is 4.99 Å². The van der Waals surface area contributed by atoms with Gasteiger partial charge in [-0.1, -0.05) is 24.6 Å². The van der Waals surface area contributed by atoms with Crippen LogP contribution in [0.2, 0.25) is 0 Å². The molecule has 0 aromatic heterocycles. The SMILES string of the molecule is CC(NC1=NC2CCCCC2CS1)C(=O)N1CCCCC1. The molecule has 0 radical (unpaired) electrons. The number of likely N-dealkylation sites (tertiary alicyclic amines) is 1. The van der Waals surface area contributed by atoms with Crippen LogP contribution in [0.4, 0.5) is 0 Å². The van der Waals surface area contributed by atoms with Crippen molar-refractivity contribution in [2.75, 3.05) is 18.8 Å². The Morgan fingerprint density at radius 2 is 2.00 bits per heavy atom. The van der Waals surface area contributed by atoms with Gasteiger partial charge in [-0.2, -0.15) is 0 Å². The first-order valence-corrected chi connectivity index (χ1v) is 9.48. The van der Waals surface area contributed by atoms with Crippen LogP contribution in [-0.4, -0.2) is 46.9 Å². The van der Waals surface area contributed by atoms with E-state index in [9.17, 15) is 4.79 Å². The van der Waals surface area contributed by atoms with Gasteiger partial charge in [0.2, 0.25) is 5.91 Å². The van der Waals surface area contributed by atoms with Gasteiger partial charge in [0.1, 0.15) is 6.04 Å². The Morgan fingerprint density at radius 1 is 1.24 bits per heavy atom. The van der Waals surface area contributed by atoms with Gasteiger partial charge < -0.3 is 10.2 Å².